The molecule has 2 aliphatic heterocycles. The van der Waals surface area contributed by atoms with Gasteiger partial charge in [-0.2, -0.15) is 0 Å². The molecule has 4 rings (SSSR count). The highest BCUT2D eigenvalue weighted by Crippen LogP contribution is 2.33. The molecule has 7 nitrogen and oxygen atoms in total. The maximum absolute atomic E-state index is 10.3. The van der Waals surface area contributed by atoms with E-state index in [9.17, 15) is 5.11 Å². The number of aromatic nitrogens is 3. The van der Waals surface area contributed by atoms with Gasteiger partial charge in [0.05, 0.1) is 13.7 Å². The SMILES string of the molecule is C=CCc1cc(CN2CCC(c3nnc4n3CCNC4)CC2)cc(OC)c1O. The zero-order valence-corrected chi connectivity index (χ0v) is 16.5. The van der Waals surface area contributed by atoms with Crippen LogP contribution >= 0.6 is 0 Å². The molecule has 3 heterocycles. The lowest BCUT2D eigenvalue weighted by molar-refractivity contribution is 0.199. The number of fused-ring (bicyclic) bond motifs is 1. The lowest BCUT2D eigenvalue weighted by Crippen LogP contribution is -2.34. The minimum Gasteiger partial charge on any atom is -0.504 e. The minimum absolute atomic E-state index is 0.218. The van der Waals surface area contributed by atoms with Gasteiger partial charge >= 0.3 is 0 Å². The van der Waals surface area contributed by atoms with Crippen LogP contribution in [0, 0.1) is 0 Å². The van der Waals surface area contributed by atoms with Crippen molar-refractivity contribution in [2.45, 2.75) is 44.8 Å². The highest BCUT2D eigenvalue weighted by Gasteiger charge is 2.27. The number of aromatic hydroxyl groups is 1. The molecule has 1 saturated heterocycles. The normalized spacial score (nSPS) is 18.0. The highest BCUT2D eigenvalue weighted by atomic mass is 16.5. The van der Waals surface area contributed by atoms with E-state index in [1.165, 1.54) is 0 Å². The number of piperidine rings is 1. The van der Waals surface area contributed by atoms with E-state index in [1.54, 1.807) is 13.2 Å². The van der Waals surface area contributed by atoms with Crippen molar-refractivity contribution in [2.75, 3.05) is 26.7 Å². The molecule has 150 valence electrons. The van der Waals surface area contributed by atoms with Gasteiger partial charge in [-0.25, -0.2) is 0 Å². The molecule has 0 atom stereocenters. The van der Waals surface area contributed by atoms with Crippen LogP contribution in [0.2, 0.25) is 0 Å². The van der Waals surface area contributed by atoms with Gasteiger partial charge in [0.15, 0.2) is 11.5 Å². The summed E-state index contributed by atoms with van der Waals surface area (Å²) < 4.78 is 7.66. The van der Waals surface area contributed by atoms with Crippen molar-refractivity contribution in [3.8, 4) is 11.5 Å². The third kappa shape index (κ3) is 3.77. The number of hydrogen-bond donors (Lipinski definition) is 2. The van der Waals surface area contributed by atoms with E-state index in [1.807, 2.05) is 6.07 Å². The Morgan fingerprint density at radius 3 is 2.86 bits per heavy atom. The molecule has 2 aromatic rings. The molecule has 0 aliphatic carbocycles. The lowest BCUT2D eigenvalue weighted by atomic mass is 9.95. The molecule has 0 spiro atoms. The van der Waals surface area contributed by atoms with Gasteiger partial charge in [0.1, 0.15) is 11.6 Å². The quantitative estimate of drug-likeness (QED) is 0.745. The van der Waals surface area contributed by atoms with E-state index in [4.69, 9.17) is 4.74 Å². The average Bonchev–Trinajstić information content (AvgIpc) is 3.15. The summed E-state index contributed by atoms with van der Waals surface area (Å²) in [6.07, 6.45) is 4.63. The molecule has 0 amide bonds. The summed E-state index contributed by atoms with van der Waals surface area (Å²) in [6, 6.07) is 4.00. The Kier molecular flexibility index (Phi) is 5.64. The first-order chi connectivity index (χ1) is 13.7. The van der Waals surface area contributed by atoms with Crippen molar-refractivity contribution < 1.29 is 9.84 Å². The number of benzene rings is 1. The Morgan fingerprint density at radius 1 is 1.29 bits per heavy atom. The second-order valence-electron chi connectivity index (χ2n) is 7.65. The van der Waals surface area contributed by atoms with Crippen molar-refractivity contribution in [1.82, 2.24) is 25.0 Å². The van der Waals surface area contributed by atoms with Gasteiger partial charge in [0, 0.05) is 31.1 Å². The number of nitrogens with one attached hydrogen (secondary N) is 1. The number of phenols is 1. The van der Waals surface area contributed by atoms with Crippen molar-refractivity contribution in [3.05, 3.63) is 47.6 Å². The van der Waals surface area contributed by atoms with Crippen LogP contribution in [0.4, 0.5) is 0 Å². The Hall–Kier alpha value is -2.38. The first kappa shape index (κ1) is 19.0. The predicted octanol–water partition coefficient (Wildman–Crippen LogP) is 2.20. The summed E-state index contributed by atoms with van der Waals surface area (Å²) in [5, 5.41) is 22.5. The summed E-state index contributed by atoms with van der Waals surface area (Å²) >= 11 is 0. The van der Waals surface area contributed by atoms with E-state index in [2.05, 4.69) is 37.6 Å². The van der Waals surface area contributed by atoms with Crippen molar-refractivity contribution in [1.29, 1.82) is 0 Å². The van der Waals surface area contributed by atoms with Gasteiger partial charge in [0.2, 0.25) is 0 Å². The molecule has 1 fully saturated rings. The molecule has 7 heteroatoms. The second-order valence-corrected chi connectivity index (χ2v) is 7.65. The fourth-order valence-corrected chi connectivity index (χ4v) is 4.31. The third-order valence-electron chi connectivity index (χ3n) is 5.81. The first-order valence-electron chi connectivity index (χ1n) is 10.0. The Morgan fingerprint density at radius 2 is 2.11 bits per heavy atom. The van der Waals surface area contributed by atoms with Crippen molar-refractivity contribution >= 4 is 0 Å². The zero-order chi connectivity index (χ0) is 19.5. The lowest BCUT2D eigenvalue weighted by Gasteiger charge is -2.32. The maximum atomic E-state index is 10.3. The molecular formula is C21H29N5O2. The van der Waals surface area contributed by atoms with Crippen molar-refractivity contribution in [2.24, 2.45) is 0 Å². The van der Waals surface area contributed by atoms with Crippen LogP contribution in [0.15, 0.2) is 24.8 Å². The van der Waals surface area contributed by atoms with Crippen LogP contribution in [0.5, 0.6) is 11.5 Å². The van der Waals surface area contributed by atoms with Crippen LogP contribution in [-0.4, -0.2) is 51.5 Å². The first-order valence-corrected chi connectivity index (χ1v) is 10.0. The number of methoxy groups -OCH3 is 1. The van der Waals surface area contributed by atoms with Gasteiger partial charge in [-0.15, -0.1) is 16.8 Å². The molecule has 2 aliphatic rings. The Balaban J connectivity index is 1.41. The Bertz CT molecular complexity index is 840. The van der Waals surface area contributed by atoms with E-state index >= 15 is 0 Å². The van der Waals surface area contributed by atoms with Crippen LogP contribution < -0.4 is 10.1 Å². The number of likely N-dealkylation sites (tertiary alicyclic amines) is 1. The third-order valence-corrected chi connectivity index (χ3v) is 5.81. The van der Waals surface area contributed by atoms with Crippen molar-refractivity contribution in [3.63, 3.8) is 0 Å². The molecule has 1 aromatic carbocycles. The number of nitrogens with zero attached hydrogens (tertiary/aromatic N) is 4. The monoisotopic (exact) mass is 383 g/mol. The standard InChI is InChI=1S/C21H29N5O2/c1-3-4-17-11-15(12-18(28-2)20(17)27)14-25-8-5-16(6-9-25)21-24-23-19-13-22-7-10-26(19)21/h3,11-12,16,22,27H,1,4-10,13-14H2,2H3. The number of allylic oxidation sites excluding steroid dienone is 1. The van der Waals surface area contributed by atoms with Crippen LogP contribution in [0.25, 0.3) is 0 Å². The number of phenolic OH excluding ortho intramolecular Hbond substituents is 1. The largest absolute Gasteiger partial charge is 0.504 e. The number of rotatable bonds is 6. The molecule has 0 radical (unpaired) electrons. The predicted molar refractivity (Wildman–Crippen MR) is 108 cm³/mol. The van der Waals surface area contributed by atoms with E-state index in [0.717, 1.165) is 74.9 Å². The van der Waals surface area contributed by atoms with Crippen LogP contribution in [0.3, 0.4) is 0 Å². The number of ether oxygens (including phenoxy) is 1. The van der Waals surface area contributed by atoms with Gasteiger partial charge in [-0.1, -0.05) is 12.1 Å². The molecule has 28 heavy (non-hydrogen) atoms. The van der Waals surface area contributed by atoms with Gasteiger partial charge < -0.3 is 19.7 Å². The van der Waals surface area contributed by atoms with E-state index in [-0.39, 0.29) is 5.75 Å². The van der Waals surface area contributed by atoms with Gasteiger partial charge in [-0.05, 0) is 44.0 Å². The summed E-state index contributed by atoms with van der Waals surface area (Å²) in [6.45, 7) is 9.49. The zero-order valence-electron chi connectivity index (χ0n) is 16.5. The topological polar surface area (TPSA) is 75.4 Å². The summed E-state index contributed by atoms with van der Waals surface area (Å²) in [7, 11) is 1.59. The van der Waals surface area contributed by atoms with Gasteiger partial charge in [-0.3, -0.25) is 4.90 Å². The fourth-order valence-electron chi connectivity index (χ4n) is 4.31. The van der Waals surface area contributed by atoms with Crippen LogP contribution in [0.1, 0.15) is 41.5 Å². The highest BCUT2D eigenvalue weighted by molar-refractivity contribution is 5.49. The summed E-state index contributed by atoms with van der Waals surface area (Å²) in [4.78, 5) is 2.47. The second kappa shape index (κ2) is 8.32. The maximum Gasteiger partial charge on any atom is 0.161 e. The smallest absolute Gasteiger partial charge is 0.161 e. The summed E-state index contributed by atoms with van der Waals surface area (Å²) in [5.74, 6) is 3.47. The van der Waals surface area contributed by atoms with Crippen LogP contribution in [-0.2, 0) is 26.1 Å². The molecule has 2 N–H and O–H groups in total. The molecular weight excluding hydrogens is 354 g/mol. The average molecular weight is 383 g/mol. The van der Waals surface area contributed by atoms with Gasteiger partial charge in [0.25, 0.3) is 0 Å². The van der Waals surface area contributed by atoms with E-state index in [0.29, 0.717) is 18.1 Å². The minimum atomic E-state index is 0.218. The summed E-state index contributed by atoms with van der Waals surface area (Å²) in [5.41, 5.74) is 2.03. The number of hydrogen-bond acceptors (Lipinski definition) is 6. The Labute approximate surface area is 166 Å². The fraction of sp³-hybridized carbons (Fsp3) is 0.524. The molecule has 0 bridgehead atoms. The van der Waals surface area contributed by atoms with E-state index < -0.39 is 0 Å². The molecule has 0 unspecified atom stereocenters. The molecule has 1 aromatic heterocycles. The molecule has 0 saturated carbocycles.